The maximum atomic E-state index is 12.7. The van der Waals surface area contributed by atoms with Crippen molar-refractivity contribution in [1.29, 1.82) is 0 Å². The Kier molecular flexibility index (Phi) is 4.69. The molecule has 0 radical (unpaired) electrons. The number of piperazine rings is 1. The second kappa shape index (κ2) is 6.71. The van der Waals surface area contributed by atoms with Gasteiger partial charge >= 0.3 is 0 Å². The van der Waals surface area contributed by atoms with Crippen LogP contribution in [-0.2, 0) is 9.59 Å². The van der Waals surface area contributed by atoms with Crippen LogP contribution >= 0.6 is 11.8 Å². The van der Waals surface area contributed by atoms with Crippen molar-refractivity contribution < 1.29 is 9.59 Å². The summed E-state index contributed by atoms with van der Waals surface area (Å²) in [5.41, 5.74) is 1.00. The number of fused-ring (bicyclic) bond motifs is 1. The van der Waals surface area contributed by atoms with Gasteiger partial charge in [-0.15, -0.1) is 11.8 Å². The Bertz CT molecular complexity index is 578. The molecule has 0 saturated carbocycles. The Morgan fingerprint density at radius 2 is 2.18 bits per heavy atom. The molecular formula is C16H21N3O2S. The molecule has 0 spiro atoms. The minimum absolute atomic E-state index is 0.000468. The maximum absolute atomic E-state index is 12.7. The van der Waals surface area contributed by atoms with Crippen molar-refractivity contribution in [3.8, 4) is 0 Å². The molecule has 1 aromatic carbocycles. The number of amides is 2. The number of nitrogens with one attached hydrogen (secondary N) is 1. The van der Waals surface area contributed by atoms with Gasteiger partial charge < -0.3 is 10.2 Å². The second-order valence-corrected chi connectivity index (χ2v) is 7.27. The van der Waals surface area contributed by atoms with E-state index in [1.54, 1.807) is 0 Å². The van der Waals surface area contributed by atoms with Gasteiger partial charge in [0.1, 0.15) is 0 Å². The second-order valence-electron chi connectivity index (χ2n) is 5.79. The van der Waals surface area contributed by atoms with E-state index in [4.69, 9.17) is 0 Å². The van der Waals surface area contributed by atoms with Gasteiger partial charge in [0.05, 0.1) is 18.8 Å². The van der Waals surface area contributed by atoms with Crippen molar-refractivity contribution in [2.45, 2.75) is 23.5 Å². The lowest BCUT2D eigenvalue weighted by Crippen LogP contribution is -2.51. The lowest BCUT2D eigenvalue weighted by atomic mass is 10.2. The van der Waals surface area contributed by atoms with Gasteiger partial charge in [-0.1, -0.05) is 19.1 Å². The first-order valence-corrected chi connectivity index (χ1v) is 8.56. The van der Waals surface area contributed by atoms with E-state index in [1.807, 2.05) is 39.8 Å². The van der Waals surface area contributed by atoms with Gasteiger partial charge in [-0.05, 0) is 18.6 Å². The number of nitrogens with zero attached hydrogens (tertiary/aromatic N) is 2. The van der Waals surface area contributed by atoms with Crippen LogP contribution in [0.5, 0.6) is 0 Å². The topological polar surface area (TPSA) is 52.7 Å². The number of para-hydroxylation sites is 1. The smallest absolute Gasteiger partial charge is 0.241 e. The zero-order chi connectivity index (χ0) is 15.5. The fraction of sp³-hybridized carbons (Fsp3) is 0.500. The molecule has 0 aliphatic carbocycles. The normalized spacial score (nSPS) is 22.7. The van der Waals surface area contributed by atoms with Crippen LogP contribution in [0.4, 0.5) is 5.69 Å². The van der Waals surface area contributed by atoms with Gasteiger partial charge in [0, 0.05) is 29.8 Å². The molecule has 1 atom stereocenters. The fourth-order valence-corrected chi connectivity index (χ4v) is 3.96. The molecule has 2 aliphatic rings. The minimum Gasteiger partial charge on any atom is -0.354 e. The zero-order valence-corrected chi connectivity index (χ0v) is 13.6. The molecule has 1 saturated heterocycles. The number of benzene rings is 1. The van der Waals surface area contributed by atoms with Crippen LogP contribution in [0.25, 0.3) is 0 Å². The summed E-state index contributed by atoms with van der Waals surface area (Å²) in [7, 11) is 0. The molecule has 1 aromatic rings. The summed E-state index contributed by atoms with van der Waals surface area (Å²) in [5.74, 6) is 0.0799. The summed E-state index contributed by atoms with van der Waals surface area (Å²) in [6, 6.07) is 8.09. The number of carbonyl (C=O) groups is 2. The molecule has 1 unspecified atom stereocenters. The van der Waals surface area contributed by atoms with Gasteiger partial charge in [-0.25, -0.2) is 0 Å². The Morgan fingerprint density at radius 1 is 1.36 bits per heavy atom. The average molecular weight is 319 g/mol. The Morgan fingerprint density at radius 3 is 3.00 bits per heavy atom. The predicted molar refractivity (Wildman–Crippen MR) is 88.2 cm³/mol. The standard InChI is InChI=1S/C16H21N3O2S/c1-12-6-8-19(13-4-2-3-5-14(13)22-12)16(21)11-18-9-7-17-15(20)10-18/h2-5,12H,6-11H2,1H3,(H,17,20). The minimum atomic E-state index is -0.000468. The highest BCUT2D eigenvalue weighted by atomic mass is 32.2. The SMILES string of the molecule is CC1CCN(C(=O)CN2CCNC(=O)C2)c2ccccc2S1. The number of hydrogen-bond donors (Lipinski definition) is 1. The first kappa shape index (κ1) is 15.4. The van der Waals surface area contributed by atoms with Crippen LogP contribution < -0.4 is 10.2 Å². The summed E-state index contributed by atoms with van der Waals surface area (Å²) in [5, 5.41) is 3.29. The van der Waals surface area contributed by atoms with Crippen LogP contribution in [-0.4, -0.2) is 54.7 Å². The van der Waals surface area contributed by atoms with Gasteiger partial charge in [-0.3, -0.25) is 14.5 Å². The predicted octanol–water partition coefficient (Wildman–Crippen LogP) is 1.34. The van der Waals surface area contributed by atoms with Crippen LogP contribution in [0.15, 0.2) is 29.2 Å². The van der Waals surface area contributed by atoms with Crippen molar-refractivity contribution in [3.63, 3.8) is 0 Å². The lowest BCUT2D eigenvalue weighted by molar-refractivity contribution is -0.126. The summed E-state index contributed by atoms with van der Waals surface area (Å²) in [6.07, 6.45) is 0.978. The number of rotatable bonds is 2. The molecule has 118 valence electrons. The monoisotopic (exact) mass is 319 g/mol. The van der Waals surface area contributed by atoms with Gasteiger partial charge in [-0.2, -0.15) is 0 Å². The van der Waals surface area contributed by atoms with E-state index < -0.39 is 0 Å². The Labute approximate surface area is 135 Å². The van der Waals surface area contributed by atoms with E-state index in [0.29, 0.717) is 24.9 Å². The fourth-order valence-electron chi connectivity index (χ4n) is 2.85. The van der Waals surface area contributed by atoms with Crippen molar-refractivity contribution in [1.82, 2.24) is 10.2 Å². The molecule has 22 heavy (non-hydrogen) atoms. The lowest BCUT2D eigenvalue weighted by Gasteiger charge is -2.29. The molecule has 0 aromatic heterocycles. The van der Waals surface area contributed by atoms with E-state index in [1.165, 1.54) is 0 Å². The van der Waals surface area contributed by atoms with Crippen LogP contribution in [0.2, 0.25) is 0 Å². The number of carbonyl (C=O) groups excluding carboxylic acids is 2. The van der Waals surface area contributed by atoms with Gasteiger partial charge in [0.2, 0.25) is 11.8 Å². The maximum Gasteiger partial charge on any atom is 0.241 e. The Hall–Kier alpha value is -1.53. The van der Waals surface area contributed by atoms with Gasteiger partial charge in [0.15, 0.2) is 0 Å². The van der Waals surface area contributed by atoms with Crippen LogP contribution in [0, 0.1) is 0 Å². The van der Waals surface area contributed by atoms with Crippen molar-refractivity contribution in [2.75, 3.05) is 37.6 Å². The number of thioether (sulfide) groups is 1. The first-order valence-electron chi connectivity index (χ1n) is 7.68. The van der Waals surface area contributed by atoms with Crippen molar-refractivity contribution in [3.05, 3.63) is 24.3 Å². The highest BCUT2D eigenvalue weighted by Crippen LogP contribution is 2.37. The van der Waals surface area contributed by atoms with Gasteiger partial charge in [0.25, 0.3) is 0 Å². The summed E-state index contributed by atoms with van der Waals surface area (Å²) < 4.78 is 0. The quantitative estimate of drug-likeness (QED) is 0.894. The van der Waals surface area contributed by atoms with Crippen LogP contribution in [0.3, 0.4) is 0 Å². The number of anilines is 1. The molecule has 2 aliphatic heterocycles. The van der Waals surface area contributed by atoms with E-state index >= 15 is 0 Å². The zero-order valence-electron chi connectivity index (χ0n) is 12.7. The van der Waals surface area contributed by atoms with E-state index in [0.717, 1.165) is 30.1 Å². The molecule has 0 bridgehead atoms. The molecule has 1 N–H and O–H groups in total. The van der Waals surface area contributed by atoms with Crippen molar-refractivity contribution in [2.24, 2.45) is 0 Å². The highest BCUT2D eigenvalue weighted by molar-refractivity contribution is 8.00. The summed E-state index contributed by atoms with van der Waals surface area (Å²) in [4.78, 5) is 29.2. The molecule has 2 heterocycles. The third kappa shape index (κ3) is 3.44. The molecular weight excluding hydrogens is 298 g/mol. The third-order valence-corrected chi connectivity index (χ3v) is 5.26. The molecule has 3 rings (SSSR count). The molecule has 6 heteroatoms. The first-order chi connectivity index (χ1) is 10.6. The molecule has 5 nitrogen and oxygen atoms in total. The summed E-state index contributed by atoms with van der Waals surface area (Å²) >= 11 is 1.83. The molecule has 1 fully saturated rings. The van der Waals surface area contributed by atoms with E-state index in [-0.39, 0.29) is 11.8 Å². The van der Waals surface area contributed by atoms with E-state index in [9.17, 15) is 9.59 Å². The van der Waals surface area contributed by atoms with Crippen LogP contribution in [0.1, 0.15) is 13.3 Å². The highest BCUT2D eigenvalue weighted by Gasteiger charge is 2.26. The van der Waals surface area contributed by atoms with Crippen molar-refractivity contribution >= 4 is 29.3 Å². The average Bonchev–Trinajstić information content (AvgIpc) is 2.65. The third-order valence-electron chi connectivity index (χ3n) is 4.02. The number of hydrogen-bond acceptors (Lipinski definition) is 4. The van der Waals surface area contributed by atoms with E-state index in [2.05, 4.69) is 18.3 Å². The largest absolute Gasteiger partial charge is 0.354 e. The molecule has 2 amide bonds. The Balaban J connectivity index is 1.75. The summed E-state index contributed by atoms with van der Waals surface area (Å²) in [6.45, 7) is 4.91.